The van der Waals surface area contributed by atoms with Gasteiger partial charge in [0.25, 0.3) is 0 Å². The lowest BCUT2D eigenvalue weighted by Crippen LogP contribution is -2.28. The van der Waals surface area contributed by atoms with Crippen LogP contribution in [0.3, 0.4) is 0 Å². The van der Waals surface area contributed by atoms with Gasteiger partial charge in [-0.1, -0.05) is 19.4 Å². The second kappa shape index (κ2) is 4.72. The van der Waals surface area contributed by atoms with Crippen molar-refractivity contribution in [1.29, 1.82) is 0 Å². The summed E-state index contributed by atoms with van der Waals surface area (Å²) < 4.78 is 10.4. The van der Waals surface area contributed by atoms with Crippen molar-refractivity contribution in [2.45, 2.75) is 40.5 Å². The van der Waals surface area contributed by atoms with E-state index in [9.17, 15) is 9.59 Å². The molecule has 21 heavy (non-hydrogen) atoms. The van der Waals surface area contributed by atoms with Crippen LogP contribution in [0.25, 0.3) is 0 Å². The summed E-state index contributed by atoms with van der Waals surface area (Å²) in [6, 6.07) is 0. The van der Waals surface area contributed by atoms with Crippen LogP contribution in [0.4, 0.5) is 0 Å². The molecule has 1 aliphatic heterocycles. The van der Waals surface area contributed by atoms with Crippen LogP contribution in [-0.4, -0.2) is 18.5 Å². The molecule has 114 valence electrons. The summed E-state index contributed by atoms with van der Waals surface area (Å²) in [4.78, 5) is 23.3. The lowest BCUT2D eigenvalue weighted by Gasteiger charge is -2.28. The Morgan fingerprint density at radius 1 is 1.48 bits per heavy atom. The Balaban J connectivity index is 1.98. The molecule has 1 saturated carbocycles. The van der Waals surface area contributed by atoms with Crippen LogP contribution in [0.15, 0.2) is 23.0 Å². The highest BCUT2D eigenvalue weighted by atomic mass is 16.5. The highest BCUT2D eigenvalue weighted by molar-refractivity contribution is 5.92. The molecule has 1 heterocycles. The van der Waals surface area contributed by atoms with Crippen molar-refractivity contribution in [3.05, 3.63) is 23.0 Å². The molecule has 0 radical (unpaired) electrons. The van der Waals surface area contributed by atoms with Crippen LogP contribution < -0.4 is 0 Å². The Bertz CT molecular complexity index is 567. The highest BCUT2D eigenvalue weighted by Gasteiger charge is 2.63. The van der Waals surface area contributed by atoms with Gasteiger partial charge in [-0.25, -0.2) is 4.79 Å². The molecule has 0 saturated heterocycles. The van der Waals surface area contributed by atoms with E-state index in [1.807, 2.05) is 6.92 Å². The van der Waals surface area contributed by atoms with E-state index in [1.54, 1.807) is 0 Å². The maximum Gasteiger partial charge on any atom is 0.339 e. The molecular formula is C17H22O4. The predicted molar refractivity (Wildman–Crippen MR) is 77.0 cm³/mol. The number of hydrogen-bond acceptors (Lipinski definition) is 4. The van der Waals surface area contributed by atoms with Gasteiger partial charge in [0.05, 0.1) is 6.26 Å². The monoisotopic (exact) mass is 290 g/mol. The number of rotatable bonds is 2. The number of fused-ring (bicyclic) bond motifs is 3. The first-order chi connectivity index (χ1) is 9.84. The molecule has 0 aromatic carbocycles. The zero-order valence-electron chi connectivity index (χ0n) is 13.1. The fourth-order valence-corrected chi connectivity index (χ4v) is 4.24. The maximum absolute atomic E-state index is 12.2. The van der Waals surface area contributed by atoms with Crippen molar-refractivity contribution in [1.82, 2.24) is 0 Å². The molecule has 0 unspecified atom stereocenters. The zero-order chi connectivity index (χ0) is 15.4. The number of allylic oxidation sites excluding steroid dienone is 1. The van der Waals surface area contributed by atoms with Crippen LogP contribution in [0, 0.1) is 23.2 Å². The van der Waals surface area contributed by atoms with Gasteiger partial charge in [-0.05, 0) is 37.0 Å². The first kappa shape index (κ1) is 14.4. The Hall–Kier alpha value is -1.58. The van der Waals surface area contributed by atoms with Gasteiger partial charge in [0.15, 0.2) is 0 Å². The first-order valence-electron chi connectivity index (χ1n) is 7.57. The van der Waals surface area contributed by atoms with Gasteiger partial charge < -0.3 is 9.47 Å². The van der Waals surface area contributed by atoms with Gasteiger partial charge in [-0.3, -0.25) is 4.79 Å². The van der Waals surface area contributed by atoms with Gasteiger partial charge >= 0.3 is 11.9 Å². The molecule has 4 nitrogen and oxygen atoms in total. The fraction of sp³-hybridized carbons (Fsp3) is 0.647. The SMILES string of the molecule is CC(=O)OCC1=COC(=O)C2=C(C)CC[C@H]3[C@@H]([C@@H]12)C3(C)C. The second-order valence-corrected chi connectivity index (χ2v) is 7.04. The van der Waals surface area contributed by atoms with Crippen molar-refractivity contribution in [3.8, 4) is 0 Å². The van der Waals surface area contributed by atoms with Crippen molar-refractivity contribution in [3.63, 3.8) is 0 Å². The van der Waals surface area contributed by atoms with Crippen molar-refractivity contribution >= 4 is 11.9 Å². The van der Waals surface area contributed by atoms with E-state index in [0.29, 0.717) is 11.8 Å². The molecule has 0 amide bonds. The summed E-state index contributed by atoms with van der Waals surface area (Å²) in [7, 11) is 0. The molecule has 4 heteroatoms. The van der Waals surface area contributed by atoms with Gasteiger partial charge in [0, 0.05) is 24.0 Å². The Kier molecular flexibility index (Phi) is 3.23. The van der Waals surface area contributed by atoms with Crippen molar-refractivity contribution < 1.29 is 19.1 Å². The van der Waals surface area contributed by atoms with Gasteiger partial charge in [-0.2, -0.15) is 0 Å². The predicted octanol–water partition coefficient (Wildman–Crippen LogP) is 2.99. The molecular weight excluding hydrogens is 268 g/mol. The molecule has 0 spiro atoms. The molecule has 0 N–H and O–H groups in total. The number of cyclic esters (lactones) is 1. The van der Waals surface area contributed by atoms with E-state index in [1.165, 1.54) is 13.2 Å². The number of esters is 2. The average Bonchev–Trinajstić information content (AvgIpc) is 2.99. The van der Waals surface area contributed by atoms with Crippen molar-refractivity contribution in [2.24, 2.45) is 23.2 Å². The smallest absolute Gasteiger partial charge is 0.339 e. The summed E-state index contributed by atoms with van der Waals surface area (Å²) in [5.41, 5.74) is 3.09. The lowest BCUT2D eigenvalue weighted by atomic mass is 9.81. The van der Waals surface area contributed by atoms with E-state index in [4.69, 9.17) is 9.47 Å². The first-order valence-corrected chi connectivity index (χ1v) is 7.57. The number of carbonyl (C=O) groups excluding carboxylic acids is 2. The molecule has 0 aromatic heterocycles. The molecule has 3 aliphatic rings. The fourth-order valence-electron chi connectivity index (χ4n) is 4.24. The summed E-state index contributed by atoms with van der Waals surface area (Å²) in [5.74, 6) is 0.581. The lowest BCUT2D eigenvalue weighted by molar-refractivity contribution is -0.140. The Morgan fingerprint density at radius 2 is 2.19 bits per heavy atom. The highest BCUT2D eigenvalue weighted by Crippen LogP contribution is 2.68. The normalized spacial score (nSPS) is 33.2. The van der Waals surface area contributed by atoms with Gasteiger partial charge in [0.1, 0.15) is 6.61 Å². The number of carbonyl (C=O) groups is 2. The molecule has 3 rings (SSSR count). The molecule has 0 aromatic rings. The topological polar surface area (TPSA) is 52.6 Å². The Labute approximate surface area is 125 Å². The quantitative estimate of drug-likeness (QED) is 0.734. The second-order valence-electron chi connectivity index (χ2n) is 7.04. The summed E-state index contributed by atoms with van der Waals surface area (Å²) in [5, 5.41) is 0. The van der Waals surface area contributed by atoms with E-state index in [0.717, 1.165) is 29.6 Å². The maximum atomic E-state index is 12.2. The van der Waals surface area contributed by atoms with Gasteiger partial charge in [-0.15, -0.1) is 0 Å². The van der Waals surface area contributed by atoms with Crippen molar-refractivity contribution in [2.75, 3.05) is 6.61 Å². The third-order valence-electron chi connectivity index (χ3n) is 5.48. The summed E-state index contributed by atoms with van der Waals surface area (Å²) in [6.07, 6.45) is 3.58. The van der Waals surface area contributed by atoms with E-state index in [2.05, 4.69) is 13.8 Å². The van der Waals surface area contributed by atoms with Gasteiger partial charge in [0.2, 0.25) is 0 Å². The van der Waals surface area contributed by atoms with Crippen LogP contribution in [0.5, 0.6) is 0 Å². The third kappa shape index (κ3) is 2.21. The number of hydrogen-bond donors (Lipinski definition) is 0. The van der Waals surface area contributed by atoms with Crippen LogP contribution >= 0.6 is 0 Å². The minimum atomic E-state index is -0.310. The largest absolute Gasteiger partial charge is 0.461 e. The average molecular weight is 290 g/mol. The third-order valence-corrected chi connectivity index (χ3v) is 5.48. The zero-order valence-corrected chi connectivity index (χ0v) is 13.1. The Morgan fingerprint density at radius 3 is 2.86 bits per heavy atom. The van der Waals surface area contributed by atoms with Crippen LogP contribution in [-0.2, 0) is 19.1 Å². The molecule has 0 bridgehead atoms. The summed E-state index contributed by atoms with van der Waals surface area (Å²) >= 11 is 0. The number of ether oxygens (including phenoxy) is 2. The van der Waals surface area contributed by atoms with E-state index < -0.39 is 0 Å². The molecule has 1 fully saturated rings. The van der Waals surface area contributed by atoms with E-state index in [-0.39, 0.29) is 29.9 Å². The minimum Gasteiger partial charge on any atom is -0.461 e. The summed E-state index contributed by atoms with van der Waals surface area (Å²) in [6.45, 7) is 8.17. The molecule has 3 atom stereocenters. The van der Waals surface area contributed by atoms with Crippen LogP contribution in [0.2, 0.25) is 0 Å². The van der Waals surface area contributed by atoms with E-state index >= 15 is 0 Å². The minimum absolute atomic E-state index is 0.0492. The van der Waals surface area contributed by atoms with Crippen LogP contribution in [0.1, 0.15) is 40.5 Å². The standard InChI is InChI=1S/C17H22O4/c1-9-5-6-12-15(17(12,3)4)14-11(7-20-10(2)18)8-21-16(19)13(9)14/h8,12,14-15H,5-7H2,1-4H3/t12-,14-,15-/m0/s1. The molecule has 2 aliphatic carbocycles.